The van der Waals surface area contributed by atoms with E-state index < -0.39 is 0 Å². The second-order valence-corrected chi connectivity index (χ2v) is 3.90. The molecular weight excluding hydrogens is 202 g/mol. The Morgan fingerprint density at radius 1 is 1.62 bits per heavy atom. The predicted octanol–water partition coefficient (Wildman–Crippen LogP) is 0.855. The first-order valence-corrected chi connectivity index (χ1v) is 5.58. The molecule has 0 aliphatic heterocycles. The van der Waals surface area contributed by atoms with Gasteiger partial charge in [0.1, 0.15) is 0 Å². The molecule has 88 valence electrons. The Morgan fingerprint density at radius 3 is 3.00 bits per heavy atom. The van der Waals surface area contributed by atoms with Gasteiger partial charge in [0, 0.05) is 25.2 Å². The molecule has 0 radical (unpaired) electrons. The number of aromatic nitrogens is 1. The molecule has 1 unspecified atom stereocenters. The molecule has 1 atom stereocenters. The molecule has 1 rings (SSSR count). The van der Waals surface area contributed by atoms with Gasteiger partial charge in [0.15, 0.2) is 0 Å². The van der Waals surface area contributed by atoms with Gasteiger partial charge < -0.3 is 11.1 Å². The van der Waals surface area contributed by atoms with Crippen molar-refractivity contribution in [1.82, 2.24) is 10.3 Å². The lowest BCUT2D eigenvalue weighted by Crippen LogP contribution is -2.31. The highest BCUT2D eigenvalue weighted by Crippen LogP contribution is 2.05. The van der Waals surface area contributed by atoms with Crippen molar-refractivity contribution >= 4 is 5.91 Å². The molecule has 0 saturated carbocycles. The van der Waals surface area contributed by atoms with Crippen molar-refractivity contribution in [2.24, 2.45) is 11.7 Å². The second-order valence-electron chi connectivity index (χ2n) is 3.90. The maximum absolute atomic E-state index is 10.8. The molecule has 1 amide bonds. The molecule has 0 aliphatic rings. The number of hydrogen-bond donors (Lipinski definition) is 2. The van der Waals surface area contributed by atoms with Crippen LogP contribution in [0, 0.1) is 5.92 Å². The lowest BCUT2D eigenvalue weighted by Gasteiger charge is -2.10. The first kappa shape index (κ1) is 12.6. The average molecular weight is 221 g/mol. The fraction of sp³-hybridized carbons (Fsp3) is 0.500. The molecule has 0 aromatic carbocycles. The van der Waals surface area contributed by atoms with E-state index in [0.29, 0.717) is 13.1 Å². The minimum Gasteiger partial charge on any atom is -0.369 e. The van der Waals surface area contributed by atoms with Gasteiger partial charge in [0.25, 0.3) is 0 Å². The number of rotatable bonds is 6. The van der Waals surface area contributed by atoms with Crippen molar-refractivity contribution in [1.29, 1.82) is 0 Å². The van der Waals surface area contributed by atoms with Crippen LogP contribution < -0.4 is 11.1 Å². The highest BCUT2D eigenvalue weighted by molar-refractivity contribution is 5.76. The molecule has 0 saturated heterocycles. The van der Waals surface area contributed by atoms with E-state index in [1.165, 1.54) is 5.56 Å². The van der Waals surface area contributed by atoms with E-state index in [1.54, 1.807) is 6.20 Å². The van der Waals surface area contributed by atoms with Gasteiger partial charge in [-0.15, -0.1) is 0 Å². The van der Waals surface area contributed by atoms with Gasteiger partial charge in [-0.2, -0.15) is 0 Å². The number of pyridine rings is 1. The Bertz CT molecular complexity index is 352. The number of carbonyl (C=O) groups excluding carboxylic acids is 1. The van der Waals surface area contributed by atoms with Crippen LogP contribution in [0.3, 0.4) is 0 Å². The third-order valence-corrected chi connectivity index (χ3v) is 2.59. The summed E-state index contributed by atoms with van der Waals surface area (Å²) in [5.41, 5.74) is 7.46. The van der Waals surface area contributed by atoms with Crippen LogP contribution in [-0.2, 0) is 17.8 Å². The summed E-state index contributed by atoms with van der Waals surface area (Å²) >= 11 is 0. The molecule has 0 fully saturated rings. The fourth-order valence-corrected chi connectivity index (χ4v) is 1.46. The average Bonchev–Trinajstić information content (AvgIpc) is 2.29. The summed E-state index contributed by atoms with van der Waals surface area (Å²) in [6, 6.07) is 4.01. The van der Waals surface area contributed by atoms with Crippen LogP contribution in [0.2, 0.25) is 0 Å². The lowest BCUT2D eigenvalue weighted by molar-refractivity contribution is -0.121. The SMILES string of the molecule is CCc1cccnc1CNCC(C)C(N)=O. The van der Waals surface area contributed by atoms with E-state index in [1.807, 2.05) is 13.0 Å². The Kier molecular flexibility index (Phi) is 4.92. The van der Waals surface area contributed by atoms with Gasteiger partial charge in [0.05, 0.1) is 5.69 Å². The number of hydrogen-bond acceptors (Lipinski definition) is 3. The minimum atomic E-state index is -0.274. The zero-order valence-corrected chi connectivity index (χ0v) is 9.86. The molecule has 4 heteroatoms. The summed E-state index contributed by atoms with van der Waals surface area (Å²) in [5.74, 6) is -0.418. The van der Waals surface area contributed by atoms with Crippen LogP contribution in [0.25, 0.3) is 0 Å². The third kappa shape index (κ3) is 3.62. The molecule has 4 nitrogen and oxygen atoms in total. The zero-order chi connectivity index (χ0) is 12.0. The Balaban J connectivity index is 2.45. The number of amides is 1. The molecule has 1 aromatic heterocycles. The third-order valence-electron chi connectivity index (χ3n) is 2.59. The van der Waals surface area contributed by atoms with E-state index in [9.17, 15) is 4.79 Å². The standard InChI is InChI=1S/C12H19N3O/c1-3-10-5-4-6-15-11(10)8-14-7-9(2)12(13)16/h4-6,9,14H,3,7-8H2,1-2H3,(H2,13,16). The first-order chi connectivity index (χ1) is 7.65. The summed E-state index contributed by atoms with van der Waals surface area (Å²) in [6.45, 7) is 5.19. The van der Waals surface area contributed by atoms with Crippen LogP contribution in [0.1, 0.15) is 25.1 Å². The van der Waals surface area contributed by atoms with Crippen LogP contribution in [-0.4, -0.2) is 17.4 Å². The van der Waals surface area contributed by atoms with Crippen LogP contribution in [0.4, 0.5) is 0 Å². The van der Waals surface area contributed by atoms with Gasteiger partial charge in [-0.1, -0.05) is 19.9 Å². The number of primary amides is 1. The maximum atomic E-state index is 10.8. The zero-order valence-electron chi connectivity index (χ0n) is 9.86. The predicted molar refractivity (Wildman–Crippen MR) is 63.7 cm³/mol. The number of nitrogens with one attached hydrogen (secondary N) is 1. The molecule has 1 aromatic rings. The van der Waals surface area contributed by atoms with E-state index in [-0.39, 0.29) is 11.8 Å². The van der Waals surface area contributed by atoms with Crippen molar-refractivity contribution < 1.29 is 4.79 Å². The van der Waals surface area contributed by atoms with Crippen LogP contribution in [0.5, 0.6) is 0 Å². The lowest BCUT2D eigenvalue weighted by atomic mass is 10.1. The summed E-state index contributed by atoms with van der Waals surface area (Å²) in [4.78, 5) is 15.1. The fourth-order valence-electron chi connectivity index (χ4n) is 1.46. The summed E-state index contributed by atoms with van der Waals surface area (Å²) in [6.07, 6.45) is 2.75. The van der Waals surface area contributed by atoms with E-state index >= 15 is 0 Å². The first-order valence-electron chi connectivity index (χ1n) is 5.58. The highest BCUT2D eigenvalue weighted by atomic mass is 16.1. The number of nitrogens with two attached hydrogens (primary N) is 1. The van der Waals surface area contributed by atoms with Crippen molar-refractivity contribution in [3.8, 4) is 0 Å². The molecule has 16 heavy (non-hydrogen) atoms. The van der Waals surface area contributed by atoms with Gasteiger partial charge in [0.2, 0.25) is 5.91 Å². The quantitative estimate of drug-likeness (QED) is 0.748. The number of carbonyl (C=O) groups is 1. The molecule has 0 bridgehead atoms. The normalized spacial score (nSPS) is 12.4. The topological polar surface area (TPSA) is 68.0 Å². The molecule has 1 heterocycles. The maximum Gasteiger partial charge on any atom is 0.221 e. The van der Waals surface area contributed by atoms with Gasteiger partial charge in [-0.25, -0.2) is 0 Å². The van der Waals surface area contributed by atoms with Crippen LogP contribution >= 0.6 is 0 Å². The van der Waals surface area contributed by atoms with Crippen molar-refractivity contribution in [3.05, 3.63) is 29.6 Å². The van der Waals surface area contributed by atoms with Gasteiger partial charge >= 0.3 is 0 Å². The Hall–Kier alpha value is -1.42. The van der Waals surface area contributed by atoms with Gasteiger partial charge in [-0.05, 0) is 18.1 Å². The Morgan fingerprint density at radius 2 is 2.38 bits per heavy atom. The molecular formula is C12H19N3O. The van der Waals surface area contributed by atoms with E-state index in [4.69, 9.17) is 5.73 Å². The minimum absolute atomic E-state index is 0.145. The second kappa shape index (κ2) is 6.23. The van der Waals surface area contributed by atoms with Crippen LogP contribution in [0.15, 0.2) is 18.3 Å². The smallest absolute Gasteiger partial charge is 0.221 e. The summed E-state index contributed by atoms with van der Waals surface area (Å²) in [7, 11) is 0. The largest absolute Gasteiger partial charge is 0.369 e. The van der Waals surface area contributed by atoms with Gasteiger partial charge in [-0.3, -0.25) is 9.78 Å². The molecule has 0 spiro atoms. The number of aryl methyl sites for hydroxylation is 1. The van der Waals surface area contributed by atoms with Crippen molar-refractivity contribution in [2.75, 3.05) is 6.54 Å². The monoisotopic (exact) mass is 221 g/mol. The highest BCUT2D eigenvalue weighted by Gasteiger charge is 2.08. The summed E-state index contributed by atoms with van der Waals surface area (Å²) in [5, 5.41) is 3.19. The number of nitrogens with zero attached hydrogens (tertiary/aromatic N) is 1. The summed E-state index contributed by atoms with van der Waals surface area (Å²) < 4.78 is 0. The van der Waals surface area contributed by atoms with E-state index in [2.05, 4.69) is 23.3 Å². The molecule has 3 N–H and O–H groups in total. The van der Waals surface area contributed by atoms with Crippen molar-refractivity contribution in [3.63, 3.8) is 0 Å². The van der Waals surface area contributed by atoms with Crippen molar-refractivity contribution in [2.45, 2.75) is 26.8 Å². The molecule has 0 aliphatic carbocycles. The Labute approximate surface area is 96.3 Å². The van der Waals surface area contributed by atoms with E-state index in [0.717, 1.165) is 12.1 Å².